The van der Waals surface area contributed by atoms with Crippen molar-refractivity contribution in [2.75, 3.05) is 23.0 Å². The van der Waals surface area contributed by atoms with E-state index in [1.54, 1.807) is 32.0 Å². The van der Waals surface area contributed by atoms with Crippen molar-refractivity contribution in [2.24, 2.45) is 0 Å². The molecule has 0 spiro atoms. The minimum Gasteiger partial charge on any atom is -0.462 e. The molecule has 0 aliphatic heterocycles. The number of nitrogens with zero attached hydrogens (tertiary/aromatic N) is 2. The van der Waals surface area contributed by atoms with E-state index < -0.39 is 0 Å². The summed E-state index contributed by atoms with van der Waals surface area (Å²) in [6.07, 6.45) is 0. The van der Waals surface area contributed by atoms with Crippen LogP contribution in [0.15, 0.2) is 34.7 Å². The molecule has 7 nitrogen and oxygen atoms in total. The highest BCUT2D eigenvalue weighted by Gasteiger charge is 2.16. The number of amides is 1. The fourth-order valence-electron chi connectivity index (χ4n) is 2.36. The van der Waals surface area contributed by atoms with Crippen molar-refractivity contribution in [3.63, 3.8) is 0 Å². The Kier molecular flexibility index (Phi) is 7.77. The first-order valence-corrected chi connectivity index (χ1v) is 11.6. The molecule has 2 N–H and O–H groups in total. The molecule has 2 heterocycles. The number of anilines is 2. The molecule has 158 valence electrons. The van der Waals surface area contributed by atoms with E-state index in [0.29, 0.717) is 32.5 Å². The topological polar surface area (TPSA) is 93.2 Å². The van der Waals surface area contributed by atoms with Crippen LogP contribution < -0.4 is 10.6 Å². The maximum absolute atomic E-state index is 12.9. The second kappa shape index (κ2) is 10.5. The van der Waals surface area contributed by atoms with Crippen LogP contribution in [0.2, 0.25) is 0 Å². The van der Waals surface area contributed by atoms with Crippen molar-refractivity contribution in [3.8, 4) is 0 Å². The molecular formula is C19H19FN4O3S3. The summed E-state index contributed by atoms with van der Waals surface area (Å²) in [5.74, 6) is -0.698. The Morgan fingerprint density at radius 3 is 2.70 bits per heavy atom. The Bertz CT molecular complexity index is 1020. The number of carbonyl (C=O) groups excluding carboxylic acids is 2. The zero-order valence-corrected chi connectivity index (χ0v) is 18.7. The van der Waals surface area contributed by atoms with Crippen LogP contribution in [0.1, 0.15) is 27.7 Å². The van der Waals surface area contributed by atoms with E-state index >= 15 is 0 Å². The van der Waals surface area contributed by atoms with Crippen LogP contribution in [0.25, 0.3) is 0 Å². The summed E-state index contributed by atoms with van der Waals surface area (Å²) in [7, 11) is 0. The van der Waals surface area contributed by atoms with E-state index in [9.17, 15) is 14.0 Å². The molecule has 11 heteroatoms. The van der Waals surface area contributed by atoms with Crippen molar-refractivity contribution in [1.82, 2.24) is 10.2 Å². The molecule has 0 unspecified atom stereocenters. The SMILES string of the molecule is CCOC(=O)c1sc(NC(=O)CSc2nnc(NCc3ccc(F)cc3)s2)cc1C. The van der Waals surface area contributed by atoms with Crippen LogP contribution in [0.3, 0.4) is 0 Å². The number of aryl methyl sites for hydroxylation is 1. The summed E-state index contributed by atoms with van der Waals surface area (Å²) < 4.78 is 18.6. The number of carbonyl (C=O) groups is 2. The van der Waals surface area contributed by atoms with E-state index in [1.807, 2.05) is 0 Å². The number of esters is 1. The van der Waals surface area contributed by atoms with Gasteiger partial charge in [-0.15, -0.1) is 21.5 Å². The fourth-order valence-corrected chi connectivity index (χ4v) is 4.89. The number of hydrogen-bond acceptors (Lipinski definition) is 9. The lowest BCUT2D eigenvalue weighted by atomic mass is 10.2. The molecule has 1 aromatic carbocycles. The molecule has 0 radical (unpaired) electrons. The van der Waals surface area contributed by atoms with Crippen molar-refractivity contribution < 1.29 is 18.7 Å². The smallest absolute Gasteiger partial charge is 0.348 e. The Morgan fingerprint density at radius 1 is 1.20 bits per heavy atom. The van der Waals surface area contributed by atoms with Crippen LogP contribution in [-0.2, 0) is 16.1 Å². The summed E-state index contributed by atoms with van der Waals surface area (Å²) in [5.41, 5.74) is 1.69. The number of thioether (sulfide) groups is 1. The molecule has 0 saturated carbocycles. The Morgan fingerprint density at radius 2 is 1.97 bits per heavy atom. The van der Waals surface area contributed by atoms with Gasteiger partial charge in [-0.2, -0.15) is 0 Å². The standard InChI is InChI=1S/C19H19FN4O3S3/c1-3-27-17(26)16-11(2)8-15(29-16)22-14(25)10-28-19-24-23-18(30-19)21-9-12-4-6-13(20)7-5-12/h4-8H,3,9-10H2,1-2H3,(H,21,23)(H,22,25). The lowest BCUT2D eigenvalue weighted by Gasteiger charge is -2.02. The van der Waals surface area contributed by atoms with Gasteiger partial charge in [-0.05, 0) is 43.2 Å². The molecule has 2 aromatic heterocycles. The fraction of sp³-hybridized carbons (Fsp3) is 0.263. The van der Waals surface area contributed by atoms with E-state index in [-0.39, 0.29) is 23.4 Å². The lowest BCUT2D eigenvalue weighted by molar-refractivity contribution is -0.113. The molecule has 0 atom stereocenters. The van der Waals surface area contributed by atoms with Crippen LogP contribution in [0.5, 0.6) is 0 Å². The predicted molar refractivity (Wildman–Crippen MR) is 118 cm³/mol. The highest BCUT2D eigenvalue weighted by Crippen LogP contribution is 2.29. The van der Waals surface area contributed by atoms with E-state index in [4.69, 9.17) is 4.74 Å². The monoisotopic (exact) mass is 466 g/mol. The highest BCUT2D eigenvalue weighted by molar-refractivity contribution is 8.01. The van der Waals surface area contributed by atoms with Crippen LogP contribution >= 0.6 is 34.4 Å². The number of hydrogen-bond donors (Lipinski definition) is 2. The van der Waals surface area contributed by atoms with Gasteiger partial charge < -0.3 is 15.4 Å². The summed E-state index contributed by atoms with van der Waals surface area (Å²) in [4.78, 5) is 24.6. The van der Waals surface area contributed by atoms with Gasteiger partial charge in [-0.25, -0.2) is 9.18 Å². The molecule has 30 heavy (non-hydrogen) atoms. The predicted octanol–water partition coefficient (Wildman–Crippen LogP) is 4.57. The van der Waals surface area contributed by atoms with Crippen LogP contribution in [-0.4, -0.2) is 34.4 Å². The second-order valence-electron chi connectivity index (χ2n) is 6.03. The number of halogens is 1. The summed E-state index contributed by atoms with van der Waals surface area (Å²) in [6, 6.07) is 7.96. The maximum atomic E-state index is 12.9. The minimum absolute atomic E-state index is 0.165. The largest absolute Gasteiger partial charge is 0.462 e. The number of thiophene rings is 1. The van der Waals surface area contributed by atoms with Gasteiger partial charge in [0.25, 0.3) is 0 Å². The molecule has 1 amide bonds. The first kappa shape index (κ1) is 22.2. The zero-order valence-electron chi connectivity index (χ0n) is 16.2. The number of rotatable bonds is 9. The molecular weight excluding hydrogens is 447 g/mol. The van der Waals surface area contributed by atoms with Gasteiger partial charge in [0.1, 0.15) is 10.7 Å². The Hall–Kier alpha value is -2.50. The van der Waals surface area contributed by atoms with Gasteiger partial charge in [0.2, 0.25) is 11.0 Å². The first-order valence-electron chi connectivity index (χ1n) is 8.96. The van der Waals surface area contributed by atoms with E-state index in [1.165, 1.54) is 46.6 Å². The van der Waals surface area contributed by atoms with Crippen molar-refractivity contribution in [2.45, 2.75) is 24.7 Å². The first-order chi connectivity index (χ1) is 14.4. The summed E-state index contributed by atoms with van der Waals surface area (Å²) >= 11 is 3.80. The van der Waals surface area contributed by atoms with E-state index in [2.05, 4.69) is 20.8 Å². The van der Waals surface area contributed by atoms with Gasteiger partial charge in [0.05, 0.1) is 17.4 Å². The highest BCUT2D eigenvalue weighted by atomic mass is 32.2. The Balaban J connectivity index is 1.46. The van der Waals surface area contributed by atoms with E-state index in [0.717, 1.165) is 11.1 Å². The molecule has 0 bridgehead atoms. The average molecular weight is 467 g/mol. The van der Waals surface area contributed by atoms with Gasteiger partial charge in [-0.3, -0.25) is 4.79 Å². The van der Waals surface area contributed by atoms with Crippen LogP contribution in [0.4, 0.5) is 14.5 Å². The van der Waals surface area contributed by atoms with Gasteiger partial charge >= 0.3 is 5.97 Å². The minimum atomic E-state index is -0.385. The molecule has 0 aliphatic carbocycles. The van der Waals surface area contributed by atoms with Crippen molar-refractivity contribution in [1.29, 1.82) is 0 Å². The third-order valence-electron chi connectivity index (χ3n) is 3.73. The second-order valence-corrected chi connectivity index (χ2v) is 9.29. The maximum Gasteiger partial charge on any atom is 0.348 e. The number of aromatic nitrogens is 2. The number of benzene rings is 1. The number of nitrogens with one attached hydrogen (secondary N) is 2. The Labute approximate surface area is 185 Å². The van der Waals surface area contributed by atoms with Gasteiger partial charge in [0.15, 0.2) is 4.34 Å². The van der Waals surface area contributed by atoms with Crippen molar-refractivity contribution >= 4 is 56.4 Å². The quantitative estimate of drug-likeness (QED) is 0.352. The van der Waals surface area contributed by atoms with Gasteiger partial charge in [0, 0.05) is 6.54 Å². The van der Waals surface area contributed by atoms with Gasteiger partial charge in [-0.1, -0.05) is 35.2 Å². The molecule has 0 saturated heterocycles. The average Bonchev–Trinajstić information content (AvgIpc) is 3.32. The molecule has 3 rings (SSSR count). The third kappa shape index (κ3) is 6.25. The molecule has 3 aromatic rings. The van der Waals surface area contributed by atoms with Crippen molar-refractivity contribution in [3.05, 3.63) is 52.2 Å². The number of ether oxygens (including phenoxy) is 1. The normalized spacial score (nSPS) is 10.6. The summed E-state index contributed by atoms with van der Waals surface area (Å²) in [5, 5.41) is 15.2. The summed E-state index contributed by atoms with van der Waals surface area (Å²) in [6.45, 7) is 4.35. The molecule has 0 fully saturated rings. The zero-order chi connectivity index (χ0) is 21.5. The molecule has 0 aliphatic rings. The van der Waals surface area contributed by atoms with Crippen LogP contribution in [0, 0.1) is 12.7 Å². The lowest BCUT2D eigenvalue weighted by Crippen LogP contribution is -2.12. The third-order valence-corrected chi connectivity index (χ3v) is 6.88.